The van der Waals surface area contributed by atoms with Gasteiger partial charge in [-0.1, -0.05) is 29.8 Å². The van der Waals surface area contributed by atoms with Gasteiger partial charge in [0.2, 0.25) is 0 Å². The average molecular weight is 229 g/mol. The maximum Gasteiger partial charge on any atom is 0.0396 e. The molecule has 1 rings (SSSR count). The number of hydrogen-bond donors (Lipinski definition) is 0. The van der Waals surface area contributed by atoms with E-state index < -0.39 is 0 Å². The van der Waals surface area contributed by atoms with E-state index in [0.717, 1.165) is 25.8 Å². The first-order valence-electron chi connectivity index (χ1n) is 6.19. The van der Waals surface area contributed by atoms with Gasteiger partial charge in [-0.25, -0.2) is 0 Å². The lowest BCUT2D eigenvalue weighted by Gasteiger charge is -2.22. The summed E-state index contributed by atoms with van der Waals surface area (Å²) >= 11 is 0. The smallest absolute Gasteiger partial charge is 0.0396 e. The molecule has 1 aromatic carbocycles. The lowest BCUT2D eigenvalue weighted by atomic mass is 10.1. The molecule has 0 saturated heterocycles. The predicted octanol–water partition coefficient (Wildman–Crippen LogP) is 4.21. The van der Waals surface area contributed by atoms with Gasteiger partial charge in [-0.2, -0.15) is 0 Å². The van der Waals surface area contributed by atoms with Crippen molar-refractivity contribution in [2.24, 2.45) is 0 Å². The zero-order valence-corrected chi connectivity index (χ0v) is 11.1. The molecule has 0 aromatic heterocycles. The topological polar surface area (TPSA) is 3.24 Å². The average Bonchev–Trinajstić information content (AvgIpc) is 2.33. The molecule has 0 amide bonds. The Balaban J connectivity index is 2.73. The number of benzene rings is 1. The lowest BCUT2D eigenvalue weighted by Crippen LogP contribution is -2.20. The molecule has 0 bridgehead atoms. The number of hydrogen-bond acceptors (Lipinski definition) is 1. The zero-order valence-electron chi connectivity index (χ0n) is 11.1. The third-order valence-corrected chi connectivity index (χ3v) is 2.89. The van der Waals surface area contributed by atoms with Crippen LogP contribution in [-0.4, -0.2) is 13.6 Å². The number of nitrogens with zero attached hydrogens (tertiary/aromatic N) is 1. The molecular formula is C16H23N. The molecule has 0 aliphatic rings. The molecule has 0 heterocycles. The quantitative estimate of drug-likeness (QED) is 0.633. The number of rotatable bonds is 7. The maximum atomic E-state index is 3.95. The van der Waals surface area contributed by atoms with E-state index in [2.05, 4.69) is 56.3 Å². The van der Waals surface area contributed by atoms with Gasteiger partial charge in [0.1, 0.15) is 0 Å². The largest absolute Gasteiger partial charge is 0.374 e. The molecule has 0 saturated carbocycles. The molecule has 0 atom stereocenters. The van der Waals surface area contributed by atoms with Crippen LogP contribution in [0.1, 0.15) is 25.3 Å². The second-order valence-electron chi connectivity index (χ2n) is 4.58. The molecule has 1 nitrogen and oxygen atoms in total. The SMILES string of the molecule is C=CCCc1ccccc1N(C)CCC(=C)C. The van der Waals surface area contributed by atoms with Crippen LogP contribution in [0, 0.1) is 0 Å². The summed E-state index contributed by atoms with van der Waals surface area (Å²) in [6, 6.07) is 8.60. The lowest BCUT2D eigenvalue weighted by molar-refractivity contribution is 0.856. The standard InChI is InChI=1S/C16H23N/c1-5-6-9-15-10-7-8-11-16(15)17(4)13-12-14(2)3/h5,7-8,10-11H,1-2,6,9,12-13H2,3-4H3. The normalized spacial score (nSPS) is 10.0. The van der Waals surface area contributed by atoms with Crippen LogP contribution in [0.5, 0.6) is 0 Å². The summed E-state index contributed by atoms with van der Waals surface area (Å²) < 4.78 is 0. The summed E-state index contributed by atoms with van der Waals surface area (Å²) in [6.07, 6.45) is 5.12. The first-order chi connectivity index (χ1) is 8.15. The highest BCUT2D eigenvalue weighted by atomic mass is 15.1. The first-order valence-corrected chi connectivity index (χ1v) is 6.19. The Labute approximate surface area is 105 Å². The van der Waals surface area contributed by atoms with E-state index in [1.54, 1.807) is 0 Å². The molecule has 1 aromatic rings. The van der Waals surface area contributed by atoms with Crippen molar-refractivity contribution in [3.63, 3.8) is 0 Å². The second kappa shape index (κ2) is 6.95. The summed E-state index contributed by atoms with van der Waals surface area (Å²) in [5, 5.41) is 0. The number of allylic oxidation sites excluding steroid dienone is 1. The van der Waals surface area contributed by atoms with Crippen LogP contribution in [0.2, 0.25) is 0 Å². The maximum absolute atomic E-state index is 3.95. The summed E-state index contributed by atoms with van der Waals surface area (Å²) in [5.74, 6) is 0. The van der Waals surface area contributed by atoms with E-state index >= 15 is 0 Å². The summed E-state index contributed by atoms with van der Waals surface area (Å²) in [5.41, 5.74) is 3.97. The van der Waals surface area contributed by atoms with Crippen molar-refractivity contribution in [2.75, 3.05) is 18.5 Å². The van der Waals surface area contributed by atoms with Gasteiger partial charge in [0.05, 0.1) is 0 Å². The van der Waals surface area contributed by atoms with Crippen molar-refractivity contribution in [1.82, 2.24) is 0 Å². The van der Waals surface area contributed by atoms with E-state index in [9.17, 15) is 0 Å². The molecule has 0 fully saturated rings. The second-order valence-corrected chi connectivity index (χ2v) is 4.58. The van der Waals surface area contributed by atoms with Crippen molar-refractivity contribution in [3.8, 4) is 0 Å². The third kappa shape index (κ3) is 4.48. The van der Waals surface area contributed by atoms with Crippen LogP contribution in [0.4, 0.5) is 5.69 Å². The van der Waals surface area contributed by atoms with Crippen LogP contribution in [0.25, 0.3) is 0 Å². The Bertz CT molecular complexity index is 379. The van der Waals surface area contributed by atoms with Gasteiger partial charge in [0.25, 0.3) is 0 Å². The number of anilines is 1. The monoisotopic (exact) mass is 229 g/mol. The van der Waals surface area contributed by atoms with Crippen molar-refractivity contribution < 1.29 is 0 Å². The number of para-hydroxylation sites is 1. The Hall–Kier alpha value is -1.50. The van der Waals surface area contributed by atoms with Crippen LogP contribution in [0.3, 0.4) is 0 Å². The van der Waals surface area contributed by atoms with E-state index in [1.165, 1.54) is 16.8 Å². The molecule has 0 aliphatic carbocycles. The fourth-order valence-corrected chi connectivity index (χ4v) is 1.83. The highest BCUT2D eigenvalue weighted by molar-refractivity contribution is 5.53. The Morgan fingerprint density at radius 3 is 2.71 bits per heavy atom. The van der Waals surface area contributed by atoms with Gasteiger partial charge in [-0.3, -0.25) is 0 Å². The van der Waals surface area contributed by atoms with Gasteiger partial charge in [-0.05, 0) is 37.8 Å². The molecule has 0 aliphatic heterocycles. The first kappa shape index (κ1) is 13.6. The van der Waals surface area contributed by atoms with E-state index in [0.29, 0.717) is 0 Å². The highest BCUT2D eigenvalue weighted by Crippen LogP contribution is 2.21. The van der Waals surface area contributed by atoms with Gasteiger partial charge in [0.15, 0.2) is 0 Å². The van der Waals surface area contributed by atoms with Crippen LogP contribution < -0.4 is 4.90 Å². The van der Waals surface area contributed by atoms with Crippen molar-refractivity contribution in [2.45, 2.75) is 26.2 Å². The Morgan fingerprint density at radius 1 is 1.35 bits per heavy atom. The molecule has 17 heavy (non-hydrogen) atoms. The molecular weight excluding hydrogens is 206 g/mol. The molecule has 92 valence electrons. The molecule has 0 N–H and O–H groups in total. The van der Waals surface area contributed by atoms with Crippen molar-refractivity contribution in [3.05, 3.63) is 54.6 Å². The predicted molar refractivity (Wildman–Crippen MR) is 77.7 cm³/mol. The van der Waals surface area contributed by atoms with E-state index in [1.807, 2.05) is 6.08 Å². The minimum absolute atomic E-state index is 1.03. The van der Waals surface area contributed by atoms with E-state index in [4.69, 9.17) is 0 Å². The minimum atomic E-state index is 1.03. The zero-order chi connectivity index (χ0) is 12.7. The number of aryl methyl sites for hydroxylation is 1. The Morgan fingerprint density at radius 2 is 2.06 bits per heavy atom. The molecule has 0 unspecified atom stereocenters. The van der Waals surface area contributed by atoms with Gasteiger partial charge >= 0.3 is 0 Å². The highest BCUT2D eigenvalue weighted by Gasteiger charge is 2.05. The van der Waals surface area contributed by atoms with Crippen LogP contribution in [-0.2, 0) is 6.42 Å². The Kier molecular flexibility index (Phi) is 5.55. The van der Waals surface area contributed by atoms with Gasteiger partial charge in [-0.15, -0.1) is 13.2 Å². The molecule has 0 radical (unpaired) electrons. The minimum Gasteiger partial charge on any atom is -0.374 e. The van der Waals surface area contributed by atoms with Gasteiger partial charge in [0, 0.05) is 19.3 Å². The fraction of sp³-hybridized carbons (Fsp3) is 0.375. The fourth-order valence-electron chi connectivity index (χ4n) is 1.83. The van der Waals surface area contributed by atoms with Crippen LogP contribution in [0.15, 0.2) is 49.1 Å². The van der Waals surface area contributed by atoms with Gasteiger partial charge < -0.3 is 4.90 Å². The van der Waals surface area contributed by atoms with E-state index in [-0.39, 0.29) is 0 Å². The summed E-state index contributed by atoms with van der Waals surface area (Å²) in [7, 11) is 2.15. The summed E-state index contributed by atoms with van der Waals surface area (Å²) in [4.78, 5) is 2.31. The van der Waals surface area contributed by atoms with Crippen LogP contribution >= 0.6 is 0 Å². The molecule has 1 heteroatoms. The molecule has 0 spiro atoms. The van der Waals surface area contributed by atoms with Crippen molar-refractivity contribution >= 4 is 5.69 Å². The van der Waals surface area contributed by atoms with Crippen molar-refractivity contribution in [1.29, 1.82) is 0 Å². The summed E-state index contributed by atoms with van der Waals surface area (Å²) in [6.45, 7) is 10.8. The third-order valence-electron chi connectivity index (χ3n) is 2.89.